The van der Waals surface area contributed by atoms with Crippen molar-refractivity contribution in [3.05, 3.63) is 53.6 Å². The van der Waals surface area contributed by atoms with Crippen LogP contribution in [0.1, 0.15) is 43.2 Å². The minimum absolute atomic E-state index is 0.420. The van der Waals surface area contributed by atoms with Gasteiger partial charge in [0.05, 0.1) is 6.61 Å². The molecule has 2 aromatic carbocycles. The van der Waals surface area contributed by atoms with Gasteiger partial charge in [0.25, 0.3) is 0 Å². The van der Waals surface area contributed by atoms with Crippen molar-refractivity contribution in [2.75, 3.05) is 25.1 Å². The van der Waals surface area contributed by atoms with Gasteiger partial charge >= 0.3 is 0 Å². The molecule has 0 aromatic heterocycles. The van der Waals surface area contributed by atoms with Gasteiger partial charge in [-0.25, -0.2) is 0 Å². The van der Waals surface area contributed by atoms with Gasteiger partial charge in [0, 0.05) is 30.4 Å². The Bertz CT molecular complexity index is 664. The predicted molar refractivity (Wildman–Crippen MR) is 96.9 cm³/mol. The minimum atomic E-state index is 0.420. The third kappa shape index (κ3) is 3.20. The normalized spacial score (nSPS) is 16.8. The van der Waals surface area contributed by atoms with Crippen LogP contribution in [0.15, 0.2) is 42.5 Å². The number of benzene rings is 2. The molecule has 3 rings (SSSR count). The van der Waals surface area contributed by atoms with Crippen molar-refractivity contribution >= 4 is 11.4 Å². The third-order valence-corrected chi connectivity index (χ3v) is 4.78. The second kappa shape index (κ2) is 6.63. The van der Waals surface area contributed by atoms with E-state index in [-0.39, 0.29) is 0 Å². The van der Waals surface area contributed by atoms with Crippen molar-refractivity contribution in [1.82, 2.24) is 0 Å². The largest absolute Gasteiger partial charge is 0.493 e. The molecule has 2 N–H and O–H groups in total. The molecule has 0 saturated heterocycles. The third-order valence-electron chi connectivity index (χ3n) is 4.78. The molecule has 0 saturated carbocycles. The highest BCUT2D eigenvalue weighted by Crippen LogP contribution is 2.37. The Kier molecular flexibility index (Phi) is 4.58. The predicted octanol–water partition coefficient (Wildman–Crippen LogP) is 4.40. The van der Waals surface area contributed by atoms with Gasteiger partial charge in [-0.1, -0.05) is 32.0 Å². The summed E-state index contributed by atoms with van der Waals surface area (Å²) < 4.78 is 5.85. The number of hydrogen-bond acceptors (Lipinski definition) is 3. The zero-order valence-corrected chi connectivity index (χ0v) is 14.3. The van der Waals surface area contributed by atoms with E-state index in [0.717, 1.165) is 24.5 Å². The molecule has 3 heteroatoms. The van der Waals surface area contributed by atoms with Gasteiger partial charge in [-0.3, -0.25) is 0 Å². The SMILES string of the molecule is CC(C)c1ccc(N(C)c2ccc3c(c2)OCC[C@H]3CN)cc1. The number of ether oxygens (including phenoxy) is 1. The van der Waals surface area contributed by atoms with Crippen LogP contribution < -0.4 is 15.4 Å². The molecule has 0 fully saturated rings. The summed E-state index contributed by atoms with van der Waals surface area (Å²) in [4.78, 5) is 2.19. The highest BCUT2D eigenvalue weighted by molar-refractivity contribution is 5.65. The van der Waals surface area contributed by atoms with E-state index in [9.17, 15) is 0 Å². The first-order valence-corrected chi connectivity index (χ1v) is 8.40. The van der Waals surface area contributed by atoms with Crippen LogP contribution in [-0.2, 0) is 0 Å². The van der Waals surface area contributed by atoms with Crippen LogP contribution in [0.3, 0.4) is 0 Å². The molecular formula is C20H26N2O. The van der Waals surface area contributed by atoms with Crippen molar-refractivity contribution in [2.45, 2.75) is 32.1 Å². The Balaban J connectivity index is 1.86. The summed E-state index contributed by atoms with van der Waals surface area (Å²) in [5.41, 5.74) is 10.8. The van der Waals surface area contributed by atoms with E-state index in [1.807, 2.05) is 0 Å². The topological polar surface area (TPSA) is 38.5 Å². The van der Waals surface area contributed by atoms with E-state index < -0.39 is 0 Å². The molecule has 0 amide bonds. The van der Waals surface area contributed by atoms with E-state index in [1.165, 1.54) is 16.8 Å². The van der Waals surface area contributed by atoms with Crippen molar-refractivity contribution in [1.29, 1.82) is 0 Å². The zero-order chi connectivity index (χ0) is 16.4. The van der Waals surface area contributed by atoms with Gasteiger partial charge in [-0.15, -0.1) is 0 Å². The summed E-state index contributed by atoms with van der Waals surface area (Å²) in [6.07, 6.45) is 1.01. The van der Waals surface area contributed by atoms with Gasteiger partial charge in [-0.2, -0.15) is 0 Å². The van der Waals surface area contributed by atoms with Crippen molar-refractivity contribution in [2.24, 2.45) is 5.73 Å². The smallest absolute Gasteiger partial charge is 0.124 e. The summed E-state index contributed by atoms with van der Waals surface area (Å²) in [5.74, 6) is 1.96. The summed E-state index contributed by atoms with van der Waals surface area (Å²) in [6.45, 7) is 5.87. The molecule has 1 heterocycles. The molecular weight excluding hydrogens is 284 g/mol. The Labute approximate surface area is 139 Å². The highest BCUT2D eigenvalue weighted by atomic mass is 16.5. The quantitative estimate of drug-likeness (QED) is 0.909. The lowest BCUT2D eigenvalue weighted by Crippen LogP contribution is -2.21. The molecule has 1 aliphatic rings. The Morgan fingerprint density at radius 2 is 1.83 bits per heavy atom. The second-order valence-electron chi connectivity index (χ2n) is 6.60. The second-order valence-corrected chi connectivity index (χ2v) is 6.60. The molecule has 0 bridgehead atoms. The van der Waals surface area contributed by atoms with Gasteiger partial charge in [0.1, 0.15) is 5.75 Å². The number of nitrogens with zero attached hydrogens (tertiary/aromatic N) is 1. The van der Waals surface area contributed by atoms with Gasteiger partial charge < -0.3 is 15.4 Å². The number of rotatable bonds is 4. The van der Waals surface area contributed by atoms with E-state index in [4.69, 9.17) is 10.5 Å². The first kappa shape index (κ1) is 15.9. The maximum atomic E-state index is 5.88. The summed E-state index contributed by atoms with van der Waals surface area (Å²) in [7, 11) is 2.09. The molecule has 23 heavy (non-hydrogen) atoms. The maximum absolute atomic E-state index is 5.88. The molecule has 0 unspecified atom stereocenters. The molecule has 0 aliphatic carbocycles. The Morgan fingerprint density at radius 3 is 2.48 bits per heavy atom. The van der Waals surface area contributed by atoms with Gasteiger partial charge in [0.2, 0.25) is 0 Å². The van der Waals surface area contributed by atoms with Crippen LogP contribution >= 0.6 is 0 Å². The first-order valence-electron chi connectivity index (χ1n) is 8.40. The zero-order valence-electron chi connectivity index (χ0n) is 14.3. The van der Waals surface area contributed by atoms with Crippen LogP contribution in [0.5, 0.6) is 5.75 Å². The molecule has 122 valence electrons. The molecule has 1 aliphatic heterocycles. The highest BCUT2D eigenvalue weighted by Gasteiger charge is 2.21. The van der Waals surface area contributed by atoms with E-state index in [0.29, 0.717) is 18.4 Å². The van der Waals surface area contributed by atoms with E-state index in [2.05, 4.69) is 68.3 Å². The summed E-state index contributed by atoms with van der Waals surface area (Å²) >= 11 is 0. The lowest BCUT2D eigenvalue weighted by molar-refractivity contribution is 0.269. The summed E-state index contributed by atoms with van der Waals surface area (Å²) in [5, 5.41) is 0. The van der Waals surface area contributed by atoms with Crippen molar-refractivity contribution in [3.8, 4) is 5.75 Å². The lowest BCUT2D eigenvalue weighted by Gasteiger charge is -2.27. The van der Waals surface area contributed by atoms with Crippen LogP contribution in [0.25, 0.3) is 0 Å². The van der Waals surface area contributed by atoms with Crippen molar-refractivity contribution in [3.63, 3.8) is 0 Å². The van der Waals surface area contributed by atoms with Crippen LogP contribution in [0, 0.1) is 0 Å². The average Bonchev–Trinajstić information content (AvgIpc) is 2.60. The molecule has 0 spiro atoms. The van der Waals surface area contributed by atoms with Crippen molar-refractivity contribution < 1.29 is 4.74 Å². The molecule has 3 nitrogen and oxygen atoms in total. The molecule has 1 atom stereocenters. The molecule has 0 radical (unpaired) electrons. The first-order chi connectivity index (χ1) is 11.1. The fraction of sp³-hybridized carbons (Fsp3) is 0.400. The Morgan fingerprint density at radius 1 is 1.13 bits per heavy atom. The maximum Gasteiger partial charge on any atom is 0.124 e. The minimum Gasteiger partial charge on any atom is -0.493 e. The number of anilines is 2. The average molecular weight is 310 g/mol. The van der Waals surface area contributed by atoms with Gasteiger partial charge in [0.15, 0.2) is 0 Å². The van der Waals surface area contributed by atoms with E-state index in [1.54, 1.807) is 0 Å². The van der Waals surface area contributed by atoms with E-state index >= 15 is 0 Å². The number of nitrogens with two attached hydrogens (primary N) is 1. The van der Waals surface area contributed by atoms with Crippen LogP contribution in [0.4, 0.5) is 11.4 Å². The molecule has 2 aromatic rings. The fourth-order valence-corrected chi connectivity index (χ4v) is 3.14. The van der Waals surface area contributed by atoms with Crippen LogP contribution in [-0.4, -0.2) is 20.2 Å². The van der Waals surface area contributed by atoms with Crippen LogP contribution in [0.2, 0.25) is 0 Å². The fourth-order valence-electron chi connectivity index (χ4n) is 3.14. The van der Waals surface area contributed by atoms with Gasteiger partial charge in [-0.05, 0) is 48.2 Å². The Hall–Kier alpha value is -2.00. The standard InChI is InChI=1S/C20H26N2O/c1-14(2)15-4-6-17(7-5-15)22(3)18-8-9-19-16(13-21)10-11-23-20(19)12-18/h4-9,12,14,16H,10-11,13,21H2,1-3H3/t16-/m0/s1. The monoisotopic (exact) mass is 310 g/mol. The lowest BCUT2D eigenvalue weighted by atomic mass is 9.93. The summed E-state index contributed by atoms with van der Waals surface area (Å²) in [6, 6.07) is 15.2. The number of fused-ring (bicyclic) bond motifs is 1. The number of hydrogen-bond donors (Lipinski definition) is 1.